The third-order valence-electron chi connectivity index (χ3n) is 14.3. The molecule has 6 aliphatic carbocycles. The maximum Gasteiger partial charge on any atom is 0.0725 e. The van der Waals surface area contributed by atoms with E-state index < -0.39 is 0 Å². The van der Waals surface area contributed by atoms with Crippen molar-refractivity contribution in [3.63, 3.8) is 0 Å². The van der Waals surface area contributed by atoms with Crippen molar-refractivity contribution in [2.24, 2.45) is 0 Å². The van der Waals surface area contributed by atoms with Crippen LogP contribution in [0, 0.1) is 0 Å². The van der Waals surface area contributed by atoms with Gasteiger partial charge in [-0.3, -0.25) is 9.97 Å². The van der Waals surface area contributed by atoms with Crippen LogP contribution in [0.3, 0.4) is 0 Å². The minimum atomic E-state index is 0.254. The summed E-state index contributed by atoms with van der Waals surface area (Å²) in [5.74, 6) is 0. The van der Waals surface area contributed by atoms with Gasteiger partial charge in [0.1, 0.15) is 0 Å². The Bertz CT molecular complexity index is 2030. The second-order valence-corrected chi connectivity index (χ2v) is 14.8. The average molecular weight is 532 g/mol. The first-order valence-corrected chi connectivity index (χ1v) is 16.3. The summed E-state index contributed by atoms with van der Waals surface area (Å²) >= 11 is 0. The highest BCUT2D eigenvalue weighted by Crippen LogP contribution is 2.78. The second-order valence-electron chi connectivity index (χ2n) is 14.8. The fourth-order valence-corrected chi connectivity index (χ4v) is 13.4. The summed E-state index contributed by atoms with van der Waals surface area (Å²) in [5, 5.41) is 5.97. The highest BCUT2D eigenvalue weighted by atomic mass is 14.9. The van der Waals surface area contributed by atoms with Crippen LogP contribution in [0.15, 0.2) is 55.1 Å². The van der Waals surface area contributed by atoms with E-state index >= 15 is 0 Å². The summed E-state index contributed by atoms with van der Waals surface area (Å²) in [5.41, 5.74) is 15.6. The van der Waals surface area contributed by atoms with E-state index in [2.05, 4.69) is 47.1 Å². The van der Waals surface area contributed by atoms with Crippen LogP contribution in [-0.2, 0) is 21.7 Å². The number of pyridine rings is 2. The molecule has 0 bridgehead atoms. The standard InChI is InChI=1S/C38H33N3/c1-6-24-30-25(7-1)36-12-4-16-38(36,17-5-13-36)33-29-23-9-19-40-21-27(23)41-26-20-39-18-8-22(26)28(34(29)41)32(31(30)33)37-14-2-10-35(24,37)11-3-15-37/h1,6-9,18-21H,2-5,10-17H2. The number of hydrogen-bond donors (Lipinski definition) is 0. The molecular formula is C38H33N3. The van der Waals surface area contributed by atoms with Crippen LogP contribution in [0.1, 0.15) is 99.3 Å². The number of rotatable bonds is 0. The van der Waals surface area contributed by atoms with Gasteiger partial charge in [-0.05, 0) is 96.9 Å². The Kier molecular flexibility index (Phi) is 3.27. The Hall–Kier alpha value is -3.46. The first-order chi connectivity index (χ1) is 20.3. The van der Waals surface area contributed by atoms with Gasteiger partial charge in [-0.2, -0.15) is 0 Å². The minimum Gasteiger partial charge on any atom is -0.305 e. The van der Waals surface area contributed by atoms with E-state index in [1.807, 2.05) is 12.4 Å². The van der Waals surface area contributed by atoms with Crippen molar-refractivity contribution < 1.29 is 0 Å². The zero-order chi connectivity index (χ0) is 26.3. The largest absolute Gasteiger partial charge is 0.305 e. The molecule has 3 nitrogen and oxygen atoms in total. The number of fused-ring (bicyclic) bond motifs is 8. The number of nitrogens with zero attached hydrogens (tertiary/aromatic N) is 3. The Morgan fingerprint density at radius 1 is 0.537 bits per heavy atom. The van der Waals surface area contributed by atoms with Gasteiger partial charge in [-0.1, -0.05) is 43.9 Å². The normalized spacial score (nSPS) is 34.0. The Labute approximate surface area is 239 Å². The predicted octanol–water partition coefficient (Wildman–Crippen LogP) is 9.01. The van der Waals surface area contributed by atoms with Gasteiger partial charge in [0.15, 0.2) is 0 Å². The second kappa shape index (κ2) is 6.31. The van der Waals surface area contributed by atoms with Crippen molar-refractivity contribution in [2.75, 3.05) is 0 Å². The molecule has 0 atom stereocenters. The molecule has 12 rings (SSSR count). The molecule has 200 valence electrons. The molecule has 0 saturated heterocycles. The average Bonchev–Trinajstić information content (AvgIpc) is 3.81. The molecule has 3 heteroatoms. The highest BCUT2D eigenvalue weighted by molar-refractivity contribution is 6.28. The first kappa shape index (κ1) is 21.3. The fourth-order valence-electron chi connectivity index (χ4n) is 13.4. The van der Waals surface area contributed by atoms with Crippen LogP contribution in [-0.4, -0.2) is 14.4 Å². The third-order valence-corrected chi connectivity index (χ3v) is 14.3. The lowest BCUT2D eigenvalue weighted by Crippen LogP contribution is -2.50. The summed E-state index contributed by atoms with van der Waals surface area (Å²) in [6.07, 6.45) is 24.7. The molecule has 4 heterocycles. The van der Waals surface area contributed by atoms with Crippen LogP contribution in [0.5, 0.6) is 0 Å². The van der Waals surface area contributed by atoms with Crippen molar-refractivity contribution in [1.29, 1.82) is 0 Å². The summed E-state index contributed by atoms with van der Waals surface area (Å²) < 4.78 is 2.59. The molecule has 4 aromatic heterocycles. The van der Waals surface area contributed by atoms with Crippen molar-refractivity contribution in [2.45, 2.75) is 98.7 Å². The Morgan fingerprint density at radius 2 is 1.00 bits per heavy atom. The molecule has 6 aromatic rings. The molecule has 2 aromatic carbocycles. The van der Waals surface area contributed by atoms with Gasteiger partial charge >= 0.3 is 0 Å². The van der Waals surface area contributed by atoms with Crippen LogP contribution in [0.4, 0.5) is 0 Å². The molecule has 4 saturated carbocycles. The Morgan fingerprint density at radius 3 is 1.49 bits per heavy atom. The lowest BCUT2D eigenvalue weighted by molar-refractivity contribution is 0.279. The lowest BCUT2D eigenvalue weighted by Gasteiger charge is -2.56. The third kappa shape index (κ3) is 1.83. The van der Waals surface area contributed by atoms with Crippen LogP contribution >= 0.6 is 0 Å². The van der Waals surface area contributed by atoms with Gasteiger partial charge in [0.05, 0.1) is 28.9 Å². The zero-order valence-electron chi connectivity index (χ0n) is 23.5. The van der Waals surface area contributed by atoms with E-state index in [9.17, 15) is 0 Å². The minimum absolute atomic E-state index is 0.254. The molecular weight excluding hydrogens is 498 g/mol. The van der Waals surface area contributed by atoms with E-state index in [0.29, 0.717) is 10.8 Å². The van der Waals surface area contributed by atoms with Gasteiger partial charge in [-0.25, -0.2) is 0 Å². The van der Waals surface area contributed by atoms with Crippen LogP contribution in [0.2, 0.25) is 0 Å². The summed E-state index contributed by atoms with van der Waals surface area (Å²) in [6.45, 7) is 0. The van der Waals surface area contributed by atoms with E-state index in [1.165, 1.54) is 104 Å². The number of aromatic nitrogens is 3. The molecule has 0 radical (unpaired) electrons. The van der Waals surface area contributed by atoms with Gasteiger partial charge < -0.3 is 4.40 Å². The maximum absolute atomic E-state index is 4.71. The summed E-state index contributed by atoms with van der Waals surface area (Å²) in [7, 11) is 0. The Balaban J connectivity index is 1.47. The van der Waals surface area contributed by atoms with Crippen molar-refractivity contribution in [1.82, 2.24) is 14.4 Å². The summed E-state index contributed by atoms with van der Waals surface area (Å²) in [4.78, 5) is 9.41. The fraction of sp³-hybridized carbons (Fsp3) is 0.421. The SMILES string of the molecule is c1cc2c3c(c1)C14CCCC1(CCC4)c1c-3c(c3c4ccncc4n4c5cnccc5c1c34)C13CCCC21CCC3. The van der Waals surface area contributed by atoms with Gasteiger partial charge in [0.25, 0.3) is 0 Å². The van der Waals surface area contributed by atoms with E-state index in [1.54, 1.807) is 44.2 Å². The number of hydrogen-bond acceptors (Lipinski definition) is 2. The molecule has 0 amide bonds. The monoisotopic (exact) mass is 531 g/mol. The number of benzene rings is 2. The molecule has 0 unspecified atom stereocenters. The first-order valence-electron chi connectivity index (χ1n) is 16.3. The van der Waals surface area contributed by atoms with Gasteiger partial charge in [-0.15, -0.1) is 0 Å². The smallest absolute Gasteiger partial charge is 0.0725 e. The summed E-state index contributed by atoms with van der Waals surface area (Å²) in [6, 6.07) is 12.4. The maximum atomic E-state index is 4.71. The van der Waals surface area contributed by atoms with E-state index in [0.717, 1.165) is 0 Å². The van der Waals surface area contributed by atoms with Crippen molar-refractivity contribution in [3.8, 4) is 11.1 Å². The molecule has 4 fully saturated rings. The molecule has 0 spiro atoms. The van der Waals surface area contributed by atoms with Crippen LogP contribution < -0.4 is 0 Å². The van der Waals surface area contributed by atoms with Crippen molar-refractivity contribution >= 4 is 38.1 Å². The quantitative estimate of drug-likeness (QED) is 0.196. The van der Waals surface area contributed by atoms with E-state index in [4.69, 9.17) is 9.97 Å². The van der Waals surface area contributed by atoms with Crippen LogP contribution in [0.25, 0.3) is 49.2 Å². The predicted molar refractivity (Wildman–Crippen MR) is 164 cm³/mol. The van der Waals surface area contributed by atoms with Crippen molar-refractivity contribution in [3.05, 3.63) is 77.4 Å². The zero-order valence-corrected chi connectivity index (χ0v) is 23.5. The van der Waals surface area contributed by atoms with Gasteiger partial charge in [0.2, 0.25) is 0 Å². The lowest BCUT2D eigenvalue weighted by atomic mass is 9.47. The van der Waals surface area contributed by atoms with Gasteiger partial charge in [0, 0.05) is 55.6 Å². The highest BCUT2D eigenvalue weighted by Gasteiger charge is 2.69. The molecule has 6 aliphatic rings. The van der Waals surface area contributed by atoms with E-state index in [-0.39, 0.29) is 10.8 Å². The molecule has 0 aliphatic heterocycles. The molecule has 41 heavy (non-hydrogen) atoms. The topological polar surface area (TPSA) is 30.2 Å². The molecule has 0 N–H and O–H groups in total.